The predicted molar refractivity (Wildman–Crippen MR) is 141 cm³/mol. The van der Waals surface area contributed by atoms with E-state index in [0.717, 1.165) is 24.2 Å². The number of amidine groups is 2. The van der Waals surface area contributed by atoms with Gasteiger partial charge in [0.25, 0.3) is 0 Å². The Kier molecular flexibility index (Phi) is 11.4. The zero-order valence-electron chi connectivity index (χ0n) is 21.7. The number of aliphatic imine (C=N–C) groups is 2. The summed E-state index contributed by atoms with van der Waals surface area (Å²) in [5, 5.41) is 0. The first-order valence-electron chi connectivity index (χ1n) is 12.1. The molecule has 7 nitrogen and oxygen atoms in total. The number of methoxy groups -OCH3 is 1. The highest BCUT2D eigenvalue weighted by molar-refractivity contribution is 5.97. The number of rotatable bonds is 13. The summed E-state index contributed by atoms with van der Waals surface area (Å²) >= 11 is 0. The molecule has 0 heterocycles. The second-order valence-electron chi connectivity index (χ2n) is 8.86. The smallest absolute Gasteiger partial charge is 0.349 e. The number of hydrogen-bond acceptors (Lipinski definition) is 5. The van der Waals surface area contributed by atoms with Crippen molar-refractivity contribution in [2.24, 2.45) is 15.7 Å². The summed E-state index contributed by atoms with van der Waals surface area (Å²) in [4.78, 5) is 21.1. The number of esters is 1. The van der Waals surface area contributed by atoms with Crippen LogP contribution in [-0.2, 0) is 27.1 Å². The Balaban J connectivity index is 1.96. The van der Waals surface area contributed by atoms with E-state index in [1.54, 1.807) is 13.8 Å². The lowest BCUT2D eigenvalue weighted by atomic mass is 10.1. The van der Waals surface area contributed by atoms with Crippen LogP contribution in [0.1, 0.15) is 50.3 Å². The molecule has 0 radical (unpaired) electrons. The van der Waals surface area contributed by atoms with Crippen LogP contribution in [0, 0.1) is 6.92 Å². The molecule has 190 valence electrons. The van der Waals surface area contributed by atoms with Crippen molar-refractivity contribution in [2.75, 3.05) is 26.9 Å². The molecule has 35 heavy (non-hydrogen) atoms. The summed E-state index contributed by atoms with van der Waals surface area (Å²) in [5.74, 6) is 1.50. The van der Waals surface area contributed by atoms with Gasteiger partial charge in [-0.25, -0.2) is 9.79 Å². The maximum atomic E-state index is 11.8. The fourth-order valence-corrected chi connectivity index (χ4v) is 3.43. The average molecular weight is 482 g/mol. The van der Waals surface area contributed by atoms with Crippen molar-refractivity contribution in [1.82, 2.24) is 0 Å². The van der Waals surface area contributed by atoms with Gasteiger partial charge >= 0.3 is 5.97 Å². The van der Waals surface area contributed by atoms with Gasteiger partial charge in [0.15, 0.2) is 5.60 Å². The van der Waals surface area contributed by atoms with Crippen LogP contribution in [0.25, 0.3) is 0 Å². The van der Waals surface area contributed by atoms with Gasteiger partial charge in [0, 0.05) is 19.4 Å². The van der Waals surface area contributed by atoms with Crippen molar-refractivity contribution >= 4 is 17.6 Å². The number of ether oxygens (including phenoxy) is 3. The minimum absolute atomic E-state index is 0.417. The Labute approximate surface area is 209 Å². The van der Waals surface area contributed by atoms with Crippen LogP contribution in [0.15, 0.2) is 58.5 Å². The summed E-state index contributed by atoms with van der Waals surface area (Å²) in [7, 11) is 1.35. The van der Waals surface area contributed by atoms with E-state index in [2.05, 4.69) is 41.2 Å². The molecule has 0 spiro atoms. The van der Waals surface area contributed by atoms with Crippen LogP contribution in [0.2, 0.25) is 0 Å². The monoisotopic (exact) mass is 481 g/mol. The standard InChI is InChI=1S/C28H39N3O4/c1-6-34-19-18-30-26(31-25(29)20-23-12-10-21(2)11-13-23)9-7-8-22-14-16-24(17-15-22)35-28(3,4)27(32)33-5/h10-17H,6-9,18-20H2,1-5H3,(H2,29,30,31). The van der Waals surface area contributed by atoms with Gasteiger partial charge in [-0.3, -0.25) is 4.99 Å². The molecule has 0 aliphatic rings. The SMILES string of the molecule is CCOCCN=C(CCCc1ccc(OC(C)(C)C(=O)OC)cc1)N=C(N)Cc1ccc(C)cc1. The first-order chi connectivity index (χ1) is 16.7. The normalized spacial score (nSPS) is 12.5. The second-order valence-corrected chi connectivity index (χ2v) is 8.86. The maximum Gasteiger partial charge on any atom is 0.349 e. The second kappa shape index (κ2) is 14.3. The van der Waals surface area contributed by atoms with Crippen LogP contribution in [0.3, 0.4) is 0 Å². The molecule has 0 saturated heterocycles. The van der Waals surface area contributed by atoms with Gasteiger partial charge < -0.3 is 19.9 Å². The van der Waals surface area contributed by atoms with Gasteiger partial charge in [0.1, 0.15) is 17.4 Å². The zero-order chi connectivity index (χ0) is 25.7. The molecule has 2 aromatic carbocycles. The molecule has 0 aromatic heterocycles. The lowest BCUT2D eigenvalue weighted by Crippen LogP contribution is -2.39. The van der Waals surface area contributed by atoms with Gasteiger partial charge in [-0.1, -0.05) is 42.0 Å². The number of nitrogens with zero attached hydrogens (tertiary/aromatic N) is 2. The van der Waals surface area contributed by atoms with Crippen LogP contribution < -0.4 is 10.5 Å². The molecule has 0 amide bonds. The van der Waals surface area contributed by atoms with Crippen molar-refractivity contribution < 1.29 is 19.0 Å². The van der Waals surface area contributed by atoms with E-state index in [1.807, 2.05) is 31.2 Å². The van der Waals surface area contributed by atoms with E-state index in [0.29, 0.717) is 44.2 Å². The summed E-state index contributed by atoms with van der Waals surface area (Å²) in [6.07, 6.45) is 3.05. The van der Waals surface area contributed by atoms with Crippen molar-refractivity contribution in [3.63, 3.8) is 0 Å². The highest BCUT2D eigenvalue weighted by Gasteiger charge is 2.30. The lowest BCUT2D eigenvalue weighted by Gasteiger charge is -2.23. The molecule has 0 saturated carbocycles. The Hall–Kier alpha value is -3.19. The van der Waals surface area contributed by atoms with Crippen molar-refractivity contribution in [3.8, 4) is 5.75 Å². The quantitative estimate of drug-likeness (QED) is 0.194. The summed E-state index contributed by atoms with van der Waals surface area (Å²) < 4.78 is 16.0. The first kappa shape index (κ1) is 28.1. The molecule has 0 aliphatic heterocycles. The largest absolute Gasteiger partial charge is 0.476 e. The van der Waals surface area contributed by atoms with Gasteiger partial charge in [-0.15, -0.1) is 0 Å². The number of carbonyl (C=O) groups excluding carboxylic acids is 1. The highest BCUT2D eigenvalue weighted by Crippen LogP contribution is 2.21. The number of benzene rings is 2. The van der Waals surface area contributed by atoms with E-state index >= 15 is 0 Å². The van der Waals surface area contributed by atoms with E-state index in [1.165, 1.54) is 18.2 Å². The van der Waals surface area contributed by atoms with Crippen molar-refractivity contribution in [3.05, 3.63) is 65.2 Å². The predicted octanol–water partition coefficient (Wildman–Crippen LogP) is 4.68. The van der Waals surface area contributed by atoms with Gasteiger partial charge in [-0.05, 0) is 63.8 Å². The van der Waals surface area contributed by atoms with Crippen molar-refractivity contribution in [2.45, 2.75) is 59.0 Å². The van der Waals surface area contributed by atoms with Crippen LogP contribution in [0.4, 0.5) is 0 Å². The molecule has 0 unspecified atom stereocenters. The molecular weight excluding hydrogens is 442 g/mol. The fraction of sp³-hybridized carbons (Fsp3) is 0.464. The molecule has 0 aliphatic carbocycles. The molecule has 2 N–H and O–H groups in total. The first-order valence-corrected chi connectivity index (χ1v) is 12.1. The molecule has 2 rings (SSSR count). The maximum absolute atomic E-state index is 11.8. The number of carbonyl (C=O) groups is 1. The third-order valence-electron chi connectivity index (χ3n) is 5.35. The van der Waals surface area contributed by atoms with Crippen LogP contribution >= 0.6 is 0 Å². The lowest BCUT2D eigenvalue weighted by molar-refractivity contribution is -0.156. The minimum Gasteiger partial charge on any atom is -0.476 e. The van der Waals surface area contributed by atoms with Gasteiger partial charge in [0.05, 0.1) is 20.3 Å². The summed E-state index contributed by atoms with van der Waals surface area (Å²) in [6, 6.07) is 16.0. The average Bonchev–Trinajstić information content (AvgIpc) is 2.83. The molecule has 7 heteroatoms. The van der Waals surface area contributed by atoms with Gasteiger partial charge in [-0.2, -0.15) is 0 Å². The van der Waals surface area contributed by atoms with E-state index in [4.69, 9.17) is 19.9 Å². The van der Waals surface area contributed by atoms with Crippen LogP contribution in [-0.4, -0.2) is 50.1 Å². The third kappa shape index (κ3) is 10.3. The Morgan fingerprint density at radius 1 is 1.03 bits per heavy atom. The Bertz CT molecular complexity index is 980. The highest BCUT2D eigenvalue weighted by atomic mass is 16.6. The topological polar surface area (TPSA) is 95.5 Å². The summed E-state index contributed by atoms with van der Waals surface area (Å²) in [6.45, 7) is 9.20. The summed E-state index contributed by atoms with van der Waals surface area (Å²) in [5.41, 5.74) is 8.72. The Morgan fingerprint density at radius 3 is 2.31 bits per heavy atom. The third-order valence-corrected chi connectivity index (χ3v) is 5.35. The van der Waals surface area contributed by atoms with Crippen molar-refractivity contribution in [1.29, 1.82) is 0 Å². The molecule has 0 fully saturated rings. The van der Waals surface area contributed by atoms with E-state index in [-0.39, 0.29) is 0 Å². The number of aryl methyl sites for hydroxylation is 2. The molecular formula is C28H39N3O4. The molecule has 0 bridgehead atoms. The molecule has 0 atom stereocenters. The molecule has 2 aromatic rings. The fourth-order valence-electron chi connectivity index (χ4n) is 3.43. The zero-order valence-corrected chi connectivity index (χ0v) is 21.7. The van der Waals surface area contributed by atoms with Crippen LogP contribution in [0.5, 0.6) is 5.75 Å². The minimum atomic E-state index is -1.04. The Morgan fingerprint density at radius 2 is 1.69 bits per heavy atom. The number of hydrogen-bond donors (Lipinski definition) is 1. The number of nitrogens with two attached hydrogens (primary N) is 1. The van der Waals surface area contributed by atoms with Gasteiger partial charge in [0.2, 0.25) is 0 Å². The van der Waals surface area contributed by atoms with E-state index in [9.17, 15) is 4.79 Å². The van der Waals surface area contributed by atoms with E-state index < -0.39 is 11.6 Å².